The van der Waals surface area contributed by atoms with Gasteiger partial charge in [0, 0.05) is 28.7 Å². The molecule has 0 bridgehead atoms. The van der Waals surface area contributed by atoms with Crippen LogP contribution in [0.4, 0.5) is 0 Å². The molecule has 2 fully saturated rings. The maximum absolute atomic E-state index is 13.9. The molecule has 2 heterocycles. The Bertz CT molecular complexity index is 1270. The summed E-state index contributed by atoms with van der Waals surface area (Å²) in [6.45, 7) is 4.17. The monoisotopic (exact) mass is 582 g/mol. The second-order valence-electron chi connectivity index (χ2n) is 9.88. The van der Waals surface area contributed by atoms with Crippen molar-refractivity contribution in [2.45, 2.75) is 69.9 Å². The number of halogens is 2. The van der Waals surface area contributed by atoms with Crippen molar-refractivity contribution in [3.8, 4) is 0 Å². The van der Waals surface area contributed by atoms with Gasteiger partial charge < -0.3 is 14.7 Å². The lowest BCUT2D eigenvalue weighted by Crippen LogP contribution is -2.57. The maximum Gasteiger partial charge on any atom is 0.306 e. The maximum atomic E-state index is 13.9. The molecule has 2 aliphatic rings. The minimum Gasteiger partial charge on any atom is -0.481 e. The van der Waals surface area contributed by atoms with Crippen molar-refractivity contribution >= 4 is 45.1 Å². The molecule has 2 saturated heterocycles. The Kier molecular flexibility index (Phi) is 9.04. The van der Waals surface area contributed by atoms with Gasteiger partial charge in [-0.25, -0.2) is 8.42 Å². The minimum absolute atomic E-state index is 0.107. The SMILES string of the molecule is CCC(CS(=O)(=O)N1CCCC1C)N1C(=O)[C@@H](CC(=O)O)O[C@H](c2cccc(Cl)c2)[C@H]1c1ccc(Cl)cc1. The topological polar surface area (TPSA) is 104 Å². The van der Waals surface area contributed by atoms with E-state index in [0.717, 1.165) is 12.8 Å². The molecule has 0 aromatic heterocycles. The highest BCUT2D eigenvalue weighted by molar-refractivity contribution is 7.89. The molecule has 2 aliphatic heterocycles. The zero-order valence-electron chi connectivity index (χ0n) is 21.3. The fourth-order valence-electron chi connectivity index (χ4n) is 5.45. The lowest BCUT2D eigenvalue weighted by molar-refractivity contribution is -0.182. The van der Waals surface area contributed by atoms with E-state index in [1.165, 1.54) is 9.21 Å². The van der Waals surface area contributed by atoms with E-state index in [2.05, 4.69) is 0 Å². The standard InChI is InChI=1S/C27H32Cl2N2O6S/c1-3-22(16-38(35,36)30-13-5-6-17(30)2)31-25(18-9-11-20(28)12-10-18)26(19-7-4-8-21(29)14-19)37-23(27(31)34)15-24(32)33/h4,7-12,14,17,22-23,25-26H,3,5-6,13,15-16H2,1-2H3,(H,32,33)/t17?,22?,23-,25-,26-/m1/s1. The van der Waals surface area contributed by atoms with Crippen LogP contribution >= 0.6 is 23.2 Å². The van der Waals surface area contributed by atoms with Crippen molar-refractivity contribution in [2.24, 2.45) is 0 Å². The van der Waals surface area contributed by atoms with Crippen LogP contribution in [-0.2, 0) is 24.3 Å². The van der Waals surface area contributed by atoms with Gasteiger partial charge in [0.25, 0.3) is 5.91 Å². The molecular weight excluding hydrogens is 551 g/mol. The number of carboxylic acid groups (broad SMARTS) is 1. The molecule has 8 nitrogen and oxygen atoms in total. The molecule has 0 radical (unpaired) electrons. The number of morpholine rings is 1. The zero-order valence-corrected chi connectivity index (χ0v) is 23.6. The molecule has 4 rings (SSSR count). The van der Waals surface area contributed by atoms with Gasteiger partial charge in [0.15, 0.2) is 0 Å². The number of nitrogens with zero attached hydrogens (tertiary/aromatic N) is 2. The molecule has 38 heavy (non-hydrogen) atoms. The summed E-state index contributed by atoms with van der Waals surface area (Å²) in [7, 11) is -3.69. The molecule has 0 aliphatic carbocycles. The number of rotatable bonds is 9. The van der Waals surface area contributed by atoms with Crippen LogP contribution in [0.15, 0.2) is 48.5 Å². The molecule has 0 saturated carbocycles. The van der Waals surface area contributed by atoms with Gasteiger partial charge in [-0.1, -0.05) is 54.4 Å². The highest BCUT2D eigenvalue weighted by Crippen LogP contribution is 2.45. The molecule has 0 spiro atoms. The number of sulfonamides is 1. The second-order valence-corrected chi connectivity index (χ2v) is 12.7. The van der Waals surface area contributed by atoms with Crippen molar-refractivity contribution in [2.75, 3.05) is 12.3 Å². The highest BCUT2D eigenvalue weighted by Gasteiger charge is 2.48. The van der Waals surface area contributed by atoms with E-state index >= 15 is 0 Å². The summed E-state index contributed by atoms with van der Waals surface area (Å²) in [6, 6.07) is 12.4. The van der Waals surface area contributed by atoms with Gasteiger partial charge in [-0.2, -0.15) is 4.31 Å². The van der Waals surface area contributed by atoms with Crippen LogP contribution in [0.25, 0.3) is 0 Å². The minimum atomic E-state index is -3.69. The number of hydrogen-bond acceptors (Lipinski definition) is 5. The molecular formula is C27H32Cl2N2O6S. The van der Waals surface area contributed by atoms with Gasteiger partial charge in [-0.05, 0) is 61.6 Å². The van der Waals surface area contributed by atoms with E-state index < -0.39 is 52.6 Å². The second kappa shape index (κ2) is 11.9. The molecule has 1 N–H and O–H groups in total. The summed E-state index contributed by atoms with van der Waals surface area (Å²) in [5.41, 5.74) is 1.34. The number of hydrogen-bond donors (Lipinski definition) is 1. The molecule has 11 heteroatoms. The smallest absolute Gasteiger partial charge is 0.306 e. The molecule has 2 aromatic carbocycles. The van der Waals surface area contributed by atoms with Crippen molar-refractivity contribution in [1.29, 1.82) is 0 Å². The number of carboxylic acids is 1. The Hall–Kier alpha value is -2.17. The van der Waals surface area contributed by atoms with Crippen LogP contribution in [-0.4, -0.2) is 65.1 Å². The first-order valence-corrected chi connectivity index (χ1v) is 15.1. The average molecular weight is 584 g/mol. The van der Waals surface area contributed by atoms with Crippen molar-refractivity contribution in [3.05, 3.63) is 69.7 Å². The molecule has 1 amide bonds. The summed E-state index contributed by atoms with van der Waals surface area (Å²) in [5, 5.41) is 10.5. The first kappa shape index (κ1) is 28.8. The van der Waals surface area contributed by atoms with Gasteiger partial charge in [0.2, 0.25) is 10.0 Å². The molecule has 5 atom stereocenters. The number of carbonyl (C=O) groups excluding carboxylic acids is 1. The first-order chi connectivity index (χ1) is 18.0. The molecule has 2 unspecified atom stereocenters. The van der Waals surface area contributed by atoms with Crippen LogP contribution in [0.5, 0.6) is 0 Å². The van der Waals surface area contributed by atoms with E-state index in [1.54, 1.807) is 48.5 Å². The van der Waals surface area contributed by atoms with Gasteiger partial charge in [0.05, 0.1) is 18.2 Å². The number of amides is 1. The third kappa shape index (κ3) is 6.18. The van der Waals surface area contributed by atoms with Crippen LogP contribution in [0, 0.1) is 0 Å². The number of aliphatic carboxylic acids is 1. The predicted octanol–water partition coefficient (Wildman–Crippen LogP) is 5.07. The van der Waals surface area contributed by atoms with Crippen LogP contribution in [0.1, 0.15) is 62.8 Å². The Morgan fingerprint density at radius 1 is 1.13 bits per heavy atom. The summed E-state index contributed by atoms with van der Waals surface area (Å²) in [5.74, 6) is -2.02. The Morgan fingerprint density at radius 2 is 1.84 bits per heavy atom. The Morgan fingerprint density at radius 3 is 2.42 bits per heavy atom. The van der Waals surface area contributed by atoms with E-state index in [0.29, 0.717) is 34.1 Å². The van der Waals surface area contributed by atoms with Crippen molar-refractivity contribution < 1.29 is 27.9 Å². The van der Waals surface area contributed by atoms with E-state index in [4.69, 9.17) is 27.9 Å². The third-order valence-corrected chi connectivity index (χ3v) is 9.84. The number of carbonyl (C=O) groups is 2. The quantitative estimate of drug-likeness (QED) is 0.442. The van der Waals surface area contributed by atoms with Crippen LogP contribution < -0.4 is 0 Å². The molecule has 2 aromatic rings. The van der Waals surface area contributed by atoms with E-state index in [1.807, 2.05) is 13.8 Å². The van der Waals surface area contributed by atoms with Crippen LogP contribution in [0.3, 0.4) is 0 Å². The van der Waals surface area contributed by atoms with Crippen molar-refractivity contribution in [3.63, 3.8) is 0 Å². The first-order valence-electron chi connectivity index (χ1n) is 12.7. The fraction of sp³-hybridized carbons (Fsp3) is 0.481. The van der Waals surface area contributed by atoms with Gasteiger partial charge in [0.1, 0.15) is 12.2 Å². The van der Waals surface area contributed by atoms with Gasteiger partial charge in [-0.3, -0.25) is 9.59 Å². The average Bonchev–Trinajstić information content (AvgIpc) is 3.31. The van der Waals surface area contributed by atoms with Gasteiger partial charge in [-0.15, -0.1) is 0 Å². The summed E-state index contributed by atoms with van der Waals surface area (Å²) >= 11 is 12.4. The lowest BCUT2D eigenvalue weighted by Gasteiger charge is -2.48. The van der Waals surface area contributed by atoms with Crippen LogP contribution in [0.2, 0.25) is 10.0 Å². The Balaban J connectivity index is 1.83. The summed E-state index contributed by atoms with van der Waals surface area (Å²) in [4.78, 5) is 27.1. The number of ether oxygens (including phenoxy) is 1. The van der Waals surface area contributed by atoms with E-state index in [-0.39, 0.29) is 11.8 Å². The van der Waals surface area contributed by atoms with E-state index in [9.17, 15) is 23.1 Å². The molecule has 206 valence electrons. The predicted molar refractivity (Wildman–Crippen MR) is 146 cm³/mol. The fourth-order valence-corrected chi connectivity index (χ4v) is 7.91. The zero-order chi connectivity index (χ0) is 27.6. The highest BCUT2D eigenvalue weighted by atomic mass is 35.5. The lowest BCUT2D eigenvalue weighted by atomic mass is 9.89. The normalized spacial score (nSPS) is 25.5. The summed E-state index contributed by atoms with van der Waals surface area (Å²) in [6.07, 6.45) is -0.705. The van der Waals surface area contributed by atoms with Crippen molar-refractivity contribution in [1.82, 2.24) is 9.21 Å². The number of benzene rings is 2. The summed E-state index contributed by atoms with van der Waals surface area (Å²) < 4.78 is 34.8. The largest absolute Gasteiger partial charge is 0.481 e. The van der Waals surface area contributed by atoms with Gasteiger partial charge >= 0.3 is 5.97 Å². The third-order valence-electron chi connectivity index (χ3n) is 7.29. The Labute approximate surface area is 233 Å².